The second-order valence-electron chi connectivity index (χ2n) is 3.80. The van der Waals surface area contributed by atoms with Gasteiger partial charge in [-0.1, -0.05) is 24.3 Å². The Kier molecular flexibility index (Phi) is 4.18. The van der Waals surface area contributed by atoms with Gasteiger partial charge in [0.1, 0.15) is 0 Å². The van der Waals surface area contributed by atoms with Crippen molar-refractivity contribution in [2.24, 2.45) is 0 Å². The summed E-state index contributed by atoms with van der Waals surface area (Å²) in [4.78, 5) is 29.9. The minimum atomic E-state index is -1.24. The third-order valence-corrected chi connectivity index (χ3v) is 2.37. The zero-order chi connectivity index (χ0) is 14.4. The average Bonchev–Trinajstić information content (AvgIpc) is 2.46. The summed E-state index contributed by atoms with van der Waals surface area (Å²) in [6.07, 6.45) is 5.90. The number of carboxylic acids is 1. The molecule has 2 rings (SSSR count). The molecule has 6 nitrogen and oxygen atoms in total. The van der Waals surface area contributed by atoms with Gasteiger partial charge in [0.15, 0.2) is 0 Å². The summed E-state index contributed by atoms with van der Waals surface area (Å²) in [5, 5.41) is 13.1. The number of carboxylic acid groups (broad SMARTS) is 1. The number of rotatable bonds is 4. The normalized spacial score (nSPS) is 10.4. The maximum atomic E-state index is 11.6. The predicted molar refractivity (Wildman–Crippen MR) is 70.5 cm³/mol. The second kappa shape index (κ2) is 6.24. The standard InChI is InChI=1S/C14H11N3O3/c18-12(17-14-15-8-1-9-16-14)7-4-10-2-5-11(6-3-10)13(19)20/h1-9H,(H,19,20)(H,15,16,17,18)/p-1/b7-4+. The van der Waals surface area contributed by atoms with Crippen molar-refractivity contribution < 1.29 is 14.7 Å². The number of aromatic nitrogens is 2. The Bertz CT molecular complexity index is 636. The van der Waals surface area contributed by atoms with Gasteiger partial charge in [-0.05, 0) is 23.3 Å². The molecule has 0 aliphatic carbocycles. The molecule has 6 heteroatoms. The summed E-state index contributed by atoms with van der Waals surface area (Å²) >= 11 is 0. The van der Waals surface area contributed by atoms with E-state index in [0.717, 1.165) is 0 Å². The van der Waals surface area contributed by atoms with Gasteiger partial charge in [0.25, 0.3) is 5.91 Å². The molecule has 1 aromatic heterocycles. The molecular weight excluding hydrogens is 258 g/mol. The Morgan fingerprint density at radius 3 is 2.35 bits per heavy atom. The summed E-state index contributed by atoms with van der Waals surface area (Å²) in [6, 6.07) is 7.62. The van der Waals surface area contributed by atoms with E-state index in [2.05, 4.69) is 15.3 Å². The molecule has 0 unspecified atom stereocenters. The van der Waals surface area contributed by atoms with E-state index >= 15 is 0 Å². The molecule has 0 fully saturated rings. The molecule has 2 aromatic rings. The van der Waals surface area contributed by atoms with Gasteiger partial charge in [0, 0.05) is 18.5 Å². The number of hydrogen-bond donors (Lipinski definition) is 1. The molecule has 0 bridgehead atoms. The highest BCUT2D eigenvalue weighted by atomic mass is 16.4. The lowest BCUT2D eigenvalue weighted by Crippen LogP contribution is -2.21. The van der Waals surface area contributed by atoms with Crippen molar-refractivity contribution in [1.82, 2.24) is 9.97 Å². The van der Waals surface area contributed by atoms with Crippen LogP contribution in [0.4, 0.5) is 5.95 Å². The SMILES string of the molecule is O=C(/C=C/c1ccc(C(=O)[O-])cc1)Nc1ncccn1. The molecule has 0 aliphatic rings. The van der Waals surface area contributed by atoms with E-state index < -0.39 is 5.97 Å². The van der Waals surface area contributed by atoms with Crippen LogP contribution in [0.2, 0.25) is 0 Å². The molecule has 0 saturated heterocycles. The summed E-state index contributed by atoms with van der Waals surface area (Å²) in [6.45, 7) is 0. The van der Waals surface area contributed by atoms with Crippen LogP contribution in [0.5, 0.6) is 0 Å². The third-order valence-electron chi connectivity index (χ3n) is 2.37. The van der Waals surface area contributed by atoms with Crippen molar-refractivity contribution in [3.63, 3.8) is 0 Å². The molecule has 1 amide bonds. The minimum absolute atomic E-state index is 0.0873. The molecule has 100 valence electrons. The van der Waals surface area contributed by atoms with Crippen molar-refractivity contribution in [3.8, 4) is 0 Å². The van der Waals surface area contributed by atoms with Crippen LogP contribution >= 0.6 is 0 Å². The average molecular weight is 268 g/mol. The third kappa shape index (κ3) is 3.74. The summed E-state index contributed by atoms with van der Waals surface area (Å²) in [7, 11) is 0. The van der Waals surface area contributed by atoms with Gasteiger partial charge < -0.3 is 9.90 Å². The van der Waals surface area contributed by atoms with E-state index in [4.69, 9.17) is 0 Å². The summed E-state index contributed by atoms with van der Waals surface area (Å²) in [5.74, 6) is -1.39. The number of nitrogens with one attached hydrogen (secondary N) is 1. The van der Waals surface area contributed by atoms with Crippen molar-refractivity contribution >= 4 is 23.9 Å². The monoisotopic (exact) mass is 268 g/mol. The summed E-state index contributed by atoms with van der Waals surface area (Å²) in [5.41, 5.74) is 0.781. The first-order valence-electron chi connectivity index (χ1n) is 5.72. The highest BCUT2D eigenvalue weighted by molar-refractivity contribution is 6.00. The lowest BCUT2D eigenvalue weighted by Gasteiger charge is -2.01. The Balaban J connectivity index is 1.98. The second-order valence-corrected chi connectivity index (χ2v) is 3.80. The molecule has 0 aliphatic heterocycles. The zero-order valence-corrected chi connectivity index (χ0v) is 10.3. The van der Waals surface area contributed by atoms with Crippen LogP contribution in [0, 0.1) is 0 Å². The van der Waals surface area contributed by atoms with Gasteiger partial charge in [0.2, 0.25) is 5.95 Å². The fourth-order valence-electron chi connectivity index (χ4n) is 1.42. The van der Waals surface area contributed by atoms with Gasteiger partial charge in [-0.15, -0.1) is 0 Å². The molecule has 1 N–H and O–H groups in total. The van der Waals surface area contributed by atoms with Gasteiger partial charge >= 0.3 is 0 Å². The topological polar surface area (TPSA) is 95.0 Å². The Morgan fingerprint density at radius 1 is 1.10 bits per heavy atom. The first-order valence-corrected chi connectivity index (χ1v) is 5.72. The molecule has 0 radical (unpaired) electrons. The first kappa shape index (κ1) is 13.4. The highest BCUT2D eigenvalue weighted by Gasteiger charge is 1.99. The van der Waals surface area contributed by atoms with Gasteiger partial charge in [0.05, 0.1) is 5.97 Å². The smallest absolute Gasteiger partial charge is 0.250 e. The van der Waals surface area contributed by atoms with Crippen LogP contribution in [-0.4, -0.2) is 21.8 Å². The fraction of sp³-hybridized carbons (Fsp3) is 0. The number of carbonyl (C=O) groups is 2. The number of carbonyl (C=O) groups excluding carboxylic acids is 2. The van der Waals surface area contributed by atoms with Crippen molar-refractivity contribution in [2.75, 3.05) is 5.32 Å². The molecule has 1 heterocycles. The highest BCUT2D eigenvalue weighted by Crippen LogP contribution is 2.06. The van der Waals surface area contributed by atoms with E-state index in [-0.39, 0.29) is 17.4 Å². The number of amides is 1. The van der Waals surface area contributed by atoms with Gasteiger partial charge in [-0.3, -0.25) is 10.1 Å². The molecule has 0 atom stereocenters. The number of aromatic carboxylic acids is 1. The zero-order valence-electron chi connectivity index (χ0n) is 10.3. The van der Waals surface area contributed by atoms with Crippen LogP contribution in [-0.2, 0) is 4.79 Å². The number of hydrogen-bond acceptors (Lipinski definition) is 5. The Morgan fingerprint density at radius 2 is 1.75 bits per heavy atom. The van der Waals surface area contributed by atoms with Crippen LogP contribution in [0.1, 0.15) is 15.9 Å². The van der Waals surface area contributed by atoms with E-state index in [9.17, 15) is 14.7 Å². The van der Waals surface area contributed by atoms with Crippen molar-refractivity contribution in [3.05, 3.63) is 59.9 Å². The number of anilines is 1. The number of benzene rings is 1. The lowest BCUT2D eigenvalue weighted by atomic mass is 10.1. The van der Waals surface area contributed by atoms with Crippen molar-refractivity contribution in [1.29, 1.82) is 0 Å². The predicted octanol–water partition coefficient (Wildman–Crippen LogP) is 0.492. The van der Waals surface area contributed by atoms with Crippen LogP contribution < -0.4 is 10.4 Å². The molecule has 1 aromatic carbocycles. The quantitative estimate of drug-likeness (QED) is 0.814. The van der Waals surface area contributed by atoms with E-state index in [1.165, 1.54) is 30.6 Å². The maximum absolute atomic E-state index is 11.6. The largest absolute Gasteiger partial charge is 0.545 e. The molecule has 20 heavy (non-hydrogen) atoms. The molecule has 0 spiro atoms. The van der Waals surface area contributed by atoms with Crippen LogP contribution in [0.3, 0.4) is 0 Å². The number of nitrogens with zero attached hydrogens (tertiary/aromatic N) is 2. The van der Waals surface area contributed by atoms with Gasteiger partial charge in [-0.25, -0.2) is 9.97 Å². The molecule has 0 saturated carbocycles. The summed E-state index contributed by atoms with van der Waals surface area (Å²) < 4.78 is 0. The maximum Gasteiger partial charge on any atom is 0.250 e. The van der Waals surface area contributed by atoms with Crippen LogP contribution in [0.25, 0.3) is 6.08 Å². The fourth-order valence-corrected chi connectivity index (χ4v) is 1.42. The molecular formula is C14H10N3O3-. The Labute approximate surface area is 114 Å². The van der Waals surface area contributed by atoms with Crippen molar-refractivity contribution in [2.45, 2.75) is 0 Å². The van der Waals surface area contributed by atoms with E-state index in [1.807, 2.05) is 0 Å². The van der Waals surface area contributed by atoms with Crippen LogP contribution in [0.15, 0.2) is 48.8 Å². The Hall–Kier alpha value is -3.02. The van der Waals surface area contributed by atoms with E-state index in [1.54, 1.807) is 24.3 Å². The van der Waals surface area contributed by atoms with Gasteiger partial charge in [-0.2, -0.15) is 0 Å². The lowest BCUT2D eigenvalue weighted by molar-refractivity contribution is -0.255. The van der Waals surface area contributed by atoms with E-state index in [0.29, 0.717) is 5.56 Å². The first-order chi connectivity index (χ1) is 9.65. The minimum Gasteiger partial charge on any atom is -0.545 e.